The molecule has 0 radical (unpaired) electrons. The van der Waals surface area contributed by atoms with Gasteiger partial charge in [0.05, 0.1) is 40.6 Å². The summed E-state index contributed by atoms with van der Waals surface area (Å²) in [6, 6.07) is 4.90. The number of hydrogen-bond donors (Lipinski definition) is 2. The van der Waals surface area contributed by atoms with Crippen molar-refractivity contribution in [3.05, 3.63) is 58.4 Å². The molecule has 12 heteroatoms. The summed E-state index contributed by atoms with van der Waals surface area (Å²) in [5, 5.41) is 12.6. The fourth-order valence-electron chi connectivity index (χ4n) is 6.51. The van der Waals surface area contributed by atoms with Gasteiger partial charge in [0, 0.05) is 30.5 Å². The lowest BCUT2D eigenvalue weighted by molar-refractivity contribution is -0.361. The summed E-state index contributed by atoms with van der Waals surface area (Å²) in [6.07, 6.45) is 1.59. The van der Waals surface area contributed by atoms with Crippen LogP contribution in [0.4, 0.5) is 18.9 Å². The lowest BCUT2D eigenvalue weighted by Crippen LogP contribution is -2.86. The average molecular weight is 560 g/mol. The summed E-state index contributed by atoms with van der Waals surface area (Å²) in [6.45, 7) is 0.830. The molecular weight excluding hydrogens is 535 g/mol. The molecule has 3 saturated carbocycles. The first-order valence-electron chi connectivity index (χ1n) is 11.7. The van der Waals surface area contributed by atoms with Crippen molar-refractivity contribution in [1.29, 1.82) is 0 Å². The standard InChI is InChI=1S/C25H25ClF3NO6S/c1-35-6-7-36-12-25(32)19-4-5-24(19)20(25)11-21(24)37(33,34)18-8-13(2-3-15(18)26)23(31)30-14-9-16(27)22(29)17(28)10-14/h2-3,8-10,19-21,32H,4-7,11-12H2,1H3,(H,30,31)/t19?,20?,21?,24?,25-/m0/s1. The molecule has 1 amide bonds. The van der Waals surface area contributed by atoms with E-state index >= 15 is 0 Å². The Hall–Kier alpha value is -2.18. The number of carbonyl (C=O) groups excluding carboxylic acids is 1. The van der Waals surface area contributed by atoms with Gasteiger partial charge in [-0.05, 0) is 54.7 Å². The smallest absolute Gasteiger partial charge is 0.255 e. The van der Waals surface area contributed by atoms with Gasteiger partial charge in [0.2, 0.25) is 0 Å². The van der Waals surface area contributed by atoms with Crippen LogP contribution < -0.4 is 5.32 Å². The van der Waals surface area contributed by atoms with Crippen molar-refractivity contribution in [2.45, 2.75) is 35.0 Å². The van der Waals surface area contributed by atoms with Gasteiger partial charge in [-0.25, -0.2) is 21.6 Å². The van der Waals surface area contributed by atoms with Crippen LogP contribution in [-0.4, -0.2) is 57.2 Å². The average Bonchev–Trinajstić information content (AvgIpc) is 2.78. The number of aliphatic hydroxyl groups is 1. The van der Waals surface area contributed by atoms with Crippen molar-refractivity contribution in [2.75, 3.05) is 32.2 Å². The van der Waals surface area contributed by atoms with E-state index in [0.29, 0.717) is 38.2 Å². The summed E-state index contributed by atoms with van der Waals surface area (Å²) in [7, 11) is -2.44. The van der Waals surface area contributed by atoms with Crippen LogP contribution in [0.5, 0.6) is 0 Å². The largest absolute Gasteiger partial charge is 0.387 e. The zero-order valence-electron chi connectivity index (χ0n) is 19.8. The summed E-state index contributed by atoms with van der Waals surface area (Å²) >= 11 is 6.25. The van der Waals surface area contributed by atoms with E-state index in [-0.39, 0.29) is 46.0 Å². The number of hydrogen-bond acceptors (Lipinski definition) is 6. The summed E-state index contributed by atoms with van der Waals surface area (Å²) in [4.78, 5) is 12.5. The van der Waals surface area contributed by atoms with E-state index in [1.54, 1.807) is 7.11 Å². The maximum absolute atomic E-state index is 13.7. The summed E-state index contributed by atoms with van der Waals surface area (Å²) in [5.41, 5.74) is -2.07. The molecule has 2 N–H and O–H groups in total. The quantitative estimate of drug-likeness (QED) is 0.356. The summed E-state index contributed by atoms with van der Waals surface area (Å²) in [5.74, 6) is -5.91. The third-order valence-electron chi connectivity index (χ3n) is 8.30. The first-order valence-corrected chi connectivity index (χ1v) is 13.7. The number of nitrogens with one attached hydrogen (secondary N) is 1. The Labute approximate surface area is 216 Å². The third-order valence-corrected chi connectivity index (χ3v) is 11.1. The van der Waals surface area contributed by atoms with E-state index in [0.717, 1.165) is 6.07 Å². The minimum Gasteiger partial charge on any atom is -0.387 e. The van der Waals surface area contributed by atoms with Gasteiger partial charge < -0.3 is 19.9 Å². The number of carbonyl (C=O) groups is 1. The van der Waals surface area contributed by atoms with Crippen molar-refractivity contribution in [1.82, 2.24) is 0 Å². The predicted molar refractivity (Wildman–Crippen MR) is 128 cm³/mol. The highest BCUT2D eigenvalue weighted by Crippen LogP contribution is 2.80. The van der Waals surface area contributed by atoms with Gasteiger partial charge in [-0.15, -0.1) is 0 Å². The van der Waals surface area contributed by atoms with Crippen LogP contribution >= 0.6 is 11.6 Å². The molecule has 0 aromatic heterocycles. The molecule has 200 valence electrons. The molecule has 5 rings (SSSR count). The van der Waals surface area contributed by atoms with Gasteiger partial charge in [-0.2, -0.15) is 0 Å². The second-order valence-corrected chi connectivity index (χ2v) is 12.4. The number of halogens is 4. The Morgan fingerprint density at radius 1 is 1.16 bits per heavy atom. The fourth-order valence-corrected chi connectivity index (χ4v) is 9.36. The lowest BCUT2D eigenvalue weighted by Gasteiger charge is -2.81. The zero-order chi connectivity index (χ0) is 26.8. The number of benzene rings is 2. The highest BCUT2D eigenvalue weighted by Gasteiger charge is 2.84. The Morgan fingerprint density at radius 2 is 1.86 bits per heavy atom. The molecule has 4 unspecified atom stereocenters. The minimum atomic E-state index is -3.98. The molecule has 3 aliphatic carbocycles. The maximum atomic E-state index is 13.7. The molecule has 3 aliphatic rings. The molecule has 37 heavy (non-hydrogen) atoms. The van der Waals surface area contributed by atoms with Crippen molar-refractivity contribution in [2.24, 2.45) is 17.3 Å². The molecular formula is C25H25ClF3NO6S. The Morgan fingerprint density at radius 3 is 2.46 bits per heavy atom. The van der Waals surface area contributed by atoms with E-state index in [4.69, 9.17) is 21.1 Å². The van der Waals surface area contributed by atoms with Gasteiger partial charge in [-0.1, -0.05) is 11.6 Å². The molecule has 0 aliphatic heterocycles. The van der Waals surface area contributed by atoms with E-state index in [2.05, 4.69) is 5.32 Å². The van der Waals surface area contributed by atoms with E-state index in [1.807, 2.05) is 0 Å². The van der Waals surface area contributed by atoms with Crippen LogP contribution in [0.1, 0.15) is 29.6 Å². The predicted octanol–water partition coefficient (Wildman–Crippen LogP) is 3.98. The zero-order valence-corrected chi connectivity index (χ0v) is 21.3. The minimum absolute atomic E-state index is 0.0661. The second-order valence-electron chi connectivity index (χ2n) is 9.92. The number of sulfone groups is 1. The highest BCUT2D eigenvalue weighted by molar-refractivity contribution is 7.92. The Kier molecular flexibility index (Phi) is 6.59. The molecule has 0 bridgehead atoms. The third kappa shape index (κ3) is 3.89. The van der Waals surface area contributed by atoms with Crippen LogP contribution in [0.15, 0.2) is 35.2 Å². The van der Waals surface area contributed by atoms with Gasteiger partial charge in [0.15, 0.2) is 27.3 Å². The molecule has 0 heterocycles. The number of methoxy groups -OCH3 is 1. The number of ether oxygens (including phenoxy) is 2. The van der Waals surface area contributed by atoms with E-state index in [9.17, 15) is 31.5 Å². The molecule has 0 saturated heterocycles. The van der Waals surface area contributed by atoms with Crippen LogP contribution in [-0.2, 0) is 19.3 Å². The number of rotatable bonds is 9. The van der Waals surface area contributed by atoms with Gasteiger partial charge in [-0.3, -0.25) is 4.79 Å². The van der Waals surface area contributed by atoms with Crippen molar-refractivity contribution < 1.29 is 41.0 Å². The summed E-state index contributed by atoms with van der Waals surface area (Å²) < 4.78 is 78.1. The van der Waals surface area contributed by atoms with Gasteiger partial charge >= 0.3 is 0 Å². The lowest BCUT2D eigenvalue weighted by atomic mass is 9.27. The molecule has 7 nitrogen and oxygen atoms in total. The van der Waals surface area contributed by atoms with Crippen molar-refractivity contribution >= 4 is 33.0 Å². The Bertz CT molecular complexity index is 1340. The Balaban J connectivity index is 1.35. The molecule has 3 fully saturated rings. The molecule has 5 atom stereocenters. The molecule has 1 spiro atoms. The fraction of sp³-hybridized carbons (Fsp3) is 0.480. The highest BCUT2D eigenvalue weighted by atomic mass is 35.5. The van der Waals surface area contributed by atoms with Crippen molar-refractivity contribution in [3.63, 3.8) is 0 Å². The molecule has 2 aromatic carbocycles. The topological polar surface area (TPSA) is 102 Å². The van der Waals surface area contributed by atoms with Crippen LogP contribution in [0, 0.1) is 34.7 Å². The maximum Gasteiger partial charge on any atom is 0.255 e. The van der Waals surface area contributed by atoms with Gasteiger partial charge in [0.1, 0.15) is 0 Å². The second kappa shape index (κ2) is 9.23. The van der Waals surface area contributed by atoms with Crippen LogP contribution in [0.3, 0.4) is 0 Å². The SMILES string of the molecule is COCCOC[C@]1(O)C2CCC23C1CC3S(=O)(=O)c1cc(C(=O)Nc2cc(F)c(F)c(F)c2)ccc1Cl. The first kappa shape index (κ1) is 26.4. The van der Waals surface area contributed by atoms with Gasteiger partial charge in [0.25, 0.3) is 5.91 Å². The van der Waals surface area contributed by atoms with E-state index < -0.39 is 49.5 Å². The van der Waals surface area contributed by atoms with E-state index in [1.165, 1.54) is 12.1 Å². The van der Waals surface area contributed by atoms with Crippen LogP contribution in [0.25, 0.3) is 0 Å². The van der Waals surface area contributed by atoms with Crippen LogP contribution in [0.2, 0.25) is 5.02 Å². The van der Waals surface area contributed by atoms with Crippen molar-refractivity contribution in [3.8, 4) is 0 Å². The monoisotopic (exact) mass is 559 g/mol. The normalized spacial score (nSPS) is 29.8. The molecule has 2 aromatic rings. The first-order chi connectivity index (χ1) is 17.5. The number of anilines is 1. The number of amides is 1.